The van der Waals surface area contributed by atoms with E-state index in [4.69, 9.17) is 72.8 Å². The van der Waals surface area contributed by atoms with Crippen molar-refractivity contribution in [3.8, 4) is 22.6 Å². The number of nitrogens with zero attached hydrogens (tertiary/aromatic N) is 14. The molecule has 10 saturated heterocycles. The zero-order valence-electron chi connectivity index (χ0n) is 88.2. The van der Waals surface area contributed by atoms with Crippen molar-refractivity contribution in [2.75, 3.05) is 144 Å². The van der Waals surface area contributed by atoms with Crippen LogP contribution in [0, 0.1) is 23.7 Å². The number of aryl methyl sites for hydroxylation is 1. The van der Waals surface area contributed by atoms with E-state index in [0.29, 0.717) is 104 Å². The van der Waals surface area contributed by atoms with Gasteiger partial charge in [0.15, 0.2) is 11.0 Å². The van der Waals surface area contributed by atoms with Crippen LogP contribution in [0.2, 0.25) is 15.1 Å². The Hall–Kier alpha value is -9.32. The number of anilines is 6. The van der Waals surface area contributed by atoms with Gasteiger partial charge in [-0.05, 0) is 256 Å². The average Bonchev–Trinajstić information content (AvgIpc) is 1.61. The molecule has 1 aliphatic carbocycles. The predicted molar refractivity (Wildman–Crippen MR) is 587 cm³/mol. The van der Waals surface area contributed by atoms with Crippen LogP contribution in [0.25, 0.3) is 44.7 Å². The maximum absolute atomic E-state index is 13.1. The topological polar surface area (TPSA) is 388 Å². The zero-order valence-corrected chi connectivity index (χ0v) is 92.1. The highest BCUT2D eigenvalue weighted by Crippen LogP contribution is 2.40. The number of ether oxygens (including phenoxy) is 4. The molecule has 6 amide bonds. The zero-order chi connectivity index (χ0) is 105. The number of aromatic amines is 1. The lowest BCUT2D eigenvalue weighted by molar-refractivity contribution is -0.121. The van der Waals surface area contributed by atoms with E-state index in [1.54, 1.807) is 29.5 Å². The maximum Gasteiger partial charge on any atom is 0.244 e. The number of benzene rings is 4. The number of aromatic nitrogens is 9. The predicted octanol–water partition coefficient (Wildman–Crippen LogP) is 19.2. The molecule has 10 aromatic rings. The quantitative estimate of drug-likeness (QED) is 0.0250. The van der Waals surface area contributed by atoms with E-state index >= 15 is 0 Å². The lowest BCUT2D eigenvalue weighted by atomic mass is 9.92. The number of fused-ring (bicyclic) bond motifs is 2. The number of carbonyl (C=O) groups is 6. The van der Waals surface area contributed by atoms with Crippen LogP contribution in [-0.4, -0.2) is 286 Å². The van der Waals surface area contributed by atoms with Crippen LogP contribution in [0.3, 0.4) is 0 Å². The summed E-state index contributed by atoms with van der Waals surface area (Å²) in [5.41, 5.74) is 7.80. The molecule has 0 radical (unpaired) electrons. The molecule has 11 aliphatic rings. The minimum atomic E-state index is -0.456. The van der Waals surface area contributed by atoms with Crippen LogP contribution in [0.4, 0.5) is 33.9 Å². The van der Waals surface area contributed by atoms with Gasteiger partial charge >= 0.3 is 0 Å². The van der Waals surface area contributed by atoms with Gasteiger partial charge in [0.1, 0.15) is 0 Å². The highest BCUT2D eigenvalue weighted by molar-refractivity contribution is 7.16. The fourth-order valence-corrected chi connectivity index (χ4v) is 23.7. The Morgan fingerprint density at radius 2 is 0.926 bits per heavy atom. The molecular weight excluding hydrogens is 1990 g/mol. The molecule has 0 bridgehead atoms. The number of amides is 6. The summed E-state index contributed by atoms with van der Waals surface area (Å²) in [7, 11) is 0. The number of aliphatic hydroxyl groups is 1. The van der Waals surface area contributed by atoms with E-state index in [2.05, 4.69) is 144 Å². The van der Waals surface area contributed by atoms with Gasteiger partial charge in [0.2, 0.25) is 64.2 Å². The summed E-state index contributed by atoms with van der Waals surface area (Å²) in [5, 5.41) is 38.4. The number of halogens is 3. The molecule has 8 N–H and O–H groups in total. The largest absolute Gasteiger partial charge is 0.392 e. The summed E-state index contributed by atoms with van der Waals surface area (Å²) < 4.78 is 38.8. The van der Waals surface area contributed by atoms with Crippen molar-refractivity contribution in [1.29, 1.82) is 0 Å². The summed E-state index contributed by atoms with van der Waals surface area (Å²) in [5.74, 6) is 5.06. The van der Waals surface area contributed by atoms with Crippen LogP contribution in [0.5, 0.6) is 0 Å². The number of hydrogen-bond donors (Lipinski definition) is 8. The van der Waals surface area contributed by atoms with Crippen molar-refractivity contribution < 1.29 is 61.9 Å². The molecule has 0 spiro atoms. The van der Waals surface area contributed by atoms with E-state index in [9.17, 15) is 33.9 Å². The van der Waals surface area contributed by atoms with Gasteiger partial charge in [0, 0.05) is 159 Å². The van der Waals surface area contributed by atoms with Gasteiger partial charge in [0.05, 0.1) is 91.5 Å². The van der Waals surface area contributed by atoms with Crippen LogP contribution in [-0.2, 0) is 71.5 Å². The van der Waals surface area contributed by atoms with Crippen LogP contribution in [0.15, 0.2) is 112 Å². The van der Waals surface area contributed by atoms with Crippen LogP contribution >= 0.6 is 57.7 Å². The van der Waals surface area contributed by atoms with Gasteiger partial charge < -0.3 is 48.0 Å². The highest BCUT2D eigenvalue weighted by Gasteiger charge is 2.44. The van der Waals surface area contributed by atoms with E-state index in [0.717, 1.165) is 284 Å². The van der Waals surface area contributed by atoms with Crippen LogP contribution < -0.4 is 31.9 Å². The molecule has 0 unspecified atom stereocenters. The van der Waals surface area contributed by atoms with Gasteiger partial charge in [-0.3, -0.25) is 84.8 Å². The lowest BCUT2D eigenvalue weighted by Crippen LogP contribution is -2.43. The Morgan fingerprint density at radius 1 is 0.463 bits per heavy atom. The monoisotopic (exact) mass is 2140 g/mol. The normalized spacial score (nSPS) is 22.3. The smallest absolute Gasteiger partial charge is 0.244 e. The third kappa shape index (κ3) is 30.9. The van der Waals surface area contributed by atoms with Gasteiger partial charge in [-0.15, -0.1) is 11.3 Å². The van der Waals surface area contributed by atoms with Crippen molar-refractivity contribution in [1.82, 2.24) is 73.6 Å². The molecule has 4 aromatic carbocycles. The number of thiazole rings is 1. The number of rotatable bonds is 26. The number of likely N-dealkylation sites (tertiary alicyclic amines) is 6. The summed E-state index contributed by atoms with van der Waals surface area (Å²) in [6.45, 7) is 38.8. The number of aliphatic hydroxyl groups excluding tert-OH is 1. The average molecular weight is 2150 g/mol. The van der Waals surface area contributed by atoms with Crippen molar-refractivity contribution in [3.63, 3.8) is 0 Å². The van der Waals surface area contributed by atoms with E-state index in [-0.39, 0.29) is 88.6 Å². The van der Waals surface area contributed by atoms with Crippen molar-refractivity contribution in [2.45, 2.75) is 295 Å². The first-order valence-electron chi connectivity index (χ1n) is 54.0. The lowest BCUT2D eigenvalue weighted by Gasteiger charge is -2.30. The second-order valence-corrected chi connectivity index (χ2v) is 47.0. The van der Waals surface area contributed by atoms with Gasteiger partial charge in [-0.25, -0.2) is 15.0 Å². The number of β-amino-alcohol motifs (C(OH)–C–C–N with tert-alkyl or cyclic N) is 1. The minimum absolute atomic E-state index is 0.00723. The van der Waals surface area contributed by atoms with Crippen LogP contribution in [0.1, 0.15) is 227 Å². The fraction of sp³-hybridized carbons (Fsp3) is 0.609. The Kier molecular flexibility index (Phi) is 39.9. The fourth-order valence-electron chi connectivity index (χ4n) is 21.7. The van der Waals surface area contributed by atoms with E-state index in [1.165, 1.54) is 29.3 Å². The molecule has 11 fully saturated rings. The third-order valence-corrected chi connectivity index (χ3v) is 32.9. The maximum atomic E-state index is 13.1. The Labute approximate surface area is 898 Å². The van der Waals surface area contributed by atoms with Gasteiger partial charge in [0.25, 0.3) is 0 Å². The second kappa shape index (κ2) is 53.0. The SMILES string of the molecule is CC(C)N1CCC[C@H]1C(=O)Nc1cc(C(C)(C)C)no1.CC(C)N1C[C@@H](O)C[C@H]1C(=O)Nc1cc(C(C)(C)C)no1.CCc1sc(NC(=O)[C@@H]2CCCN2CC2CCOCC2)nc1-c1ccccc1.O=C(Nc1nc(-c2ccccc2)ns1)[C@@H]1CCCN1CC1CCOCC1.O=C(Nc1nc2cc(Cl)c(Cl)cc2[nH]1)[C@@H]1CCCN1CC1CCOCC1.O=C(Nc1nc2cc(Cl)ccc2n1CC1CCOCC1)[C@@H]1CCCN1C1CC1. The second-order valence-electron chi connectivity index (χ2n) is 43.9. The summed E-state index contributed by atoms with van der Waals surface area (Å²) in [6, 6.07) is 33.4. The first-order chi connectivity index (χ1) is 71.8. The highest BCUT2D eigenvalue weighted by atomic mass is 35.5. The number of H-pyrrole nitrogens is 1. The Bertz CT molecular complexity index is 5980. The van der Waals surface area contributed by atoms with Gasteiger partial charge in [-0.2, -0.15) is 9.36 Å². The third-order valence-electron chi connectivity index (χ3n) is 30.2. The minimum Gasteiger partial charge on any atom is -0.392 e. The number of carbonyl (C=O) groups excluding carboxylic acids is 6. The molecule has 34 nitrogen and oxygen atoms in total. The van der Waals surface area contributed by atoms with Crippen molar-refractivity contribution >= 4 is 149 Å². The Balaban J connectivity index is 0.000000128. The summed E-state index contributed by atoms with van der Waals surface area (Å²) in [4.78, 5) is 113. The molecule has 7 atom stereocenters. The number of hydrogen-bond acceptors (Lipinski definition) is 28. The van der Waals surface area contributed by atoms with Gasteiger partial charge in [-0.1, -0.05) is 154 Å². The molecule has 808 valence electrons. The molecule has 39 heteroatoms. The molecule has 149 heavy (non-hydrogen) atoms. The van der Waals surface area contributed by atoms with Crippen molar-refractivity contribution in [2.24, 2.45) is 23.7 Å². The van der Waals surface area contributed by atoms with Crippen molar-refractivity contribution in [3.05, 3.63) is 134 Å². The molecule has 1 saturated carbocycles. The van der Waals surface area contributed by atoms with E-state index < -0.39 is 6.10 Å². The summed E-state index contributed by atoms with van der Waals surface area (Å²) >= 11 is 21.1. The Morgan fingerprint density at radius 3 is 1.44 bits per heavy atom. The number of imidazole rings is 2. The first-order valence-corrected chi connectivity index (χ1v) is 56.7. The first kappa shape index (κ1) is 112. The molecular formula is C110H152Cl3N21O13S2. The molecule has 21 rings (SSSR count). The molecule has 16 heterocycles. The molecule has 6 aromatic heterocycles. The standard InChI is InChI=1S/C22H29N3O2S.C21H27ClN4O2.C19H24N4O2S.C18H22Cl2N4O2.C15H25N3O3.C15H25N3O2/c1-2-19-20(17-7-4-3-5-8-17)23-22(28-19)24-21(26)18-9-6-12-25(18)15-16-10-13-27-14-11-16;22-15-3-6-18-17(12-15)23-21(26(18)13-14-7-10-28-11-8-14)24-20(27)19-2-1-9-25(19)16-4-5-16;24-18(16-7-4-10-23(16)13-14-8-11-25-12-9-14)21-19-20-17(22-26-19)15-5-2-1-3-6-15;19-12-8-14-15(9-13(12)20)22-18(21-14)23-17(25)16-2-1-5-24(16)10-11-3-6-26-7-4-11;1-9(2)18-8-10(19)6-11(18)14(20)16-13-7-12(17-21-13)15(3,4)5;1-10(2)18-8-6-7-11(18)14(19)16-13-9-12(17-20-13)15(3,4)5/h3-5,7-8,16,18H,2,6,9-15H2,1H3,(H,23,24,26);3,6,12,14,16,19H,1-2,4-5,7-11,13H2,(H,23,24,27);1-3,5-6,14,16H,4,7-13H2,(H,20,21,22,24);8-9,11,16H,1-7,10H2,(H2,21,22,23,25);7,9-11,19H,6,8H2,1-5H3,(H,16,20);9-11H,6-8H2,1-5H3,(H,16,19)/t18-;19-;2*16-;10-,11-;11-/m000000/s1. The van der Waals surface area contributed by atoms with E-state index in [1.807, 2.05) is 112 Å². The molecule has 10 aliphatic heterocycles. The summed E-state index contributed by atoms with van der Waals surface area (Å²) in [6.07, 6.45) is 22.0. The number of nitrogens with one attached hydrogen (secondary N) is 7.